The van der Waals surface area contributed by atoms with Gasteiger partial charge in [-0.15, -0.1) is 0 Å². The van der Waals surface area contributed by atoms with Crippen LogP contribution in [0.1, 0.15) is 79.6 Å². The van der Waals surface area contributed by atoms with Gasteiger partial charge in [0.25, 0.3) is 0 Å². The van der Waals surface area contributed by atoms with E-state index in [1.54, 1.807) is 5.57 Å². The topological polar surface area (TPSA) is 40.5 Å². The Morgan fingerprint density at radius 3 is 2.50 bits per heavy atom. The third-order valence-corrected chi connectivity index (χ3v) is 8.71. The molecule has 0 unspecified atom stereocenters. The van der Waals surface area contributed by atoms with Crippen LogP contribution in [0.25, 0.3) is 0 Å². The van der Waals surface area contributed by atoms with Crippen molar-refractivity contribution in [2.24, 2.45) is 35.0 Å². The molecule has 0 aliphatic heterocycles. The first kappa shape index (κ1) is 23.5. The third-order valence-electron chi connectivity index (χ3n) is 8.71. The second kappa shape index (κ2) is 9.57. The molecule has 3 aliphatic carbocycles. The predicted molar refractivity (Wildman–Crippen MR) is 127 cm³/mol. The number of aliphatic hydroxyl groups excluding tert-OH is 2. The van der Waals surface area contributed by atoms with Gasteiger partial charge in [0.1, 0.15) is 0 Å². The summed E-state index contributed by atoms with van der Waals surface area (Å²) in [5.41, 5.74) is 3.77. The number of rotatable bonds is 5. The van der Waals surface area contributed by atoms with Gasteiger partial charge in [-0.05, 0) is 84.7 Å². The van der Waals surface area contributed by atoms with E-state index in [-0.39, 0.29) is 0 Å². The van der Waals surface area contributed by atoms with Gasteiger partial charge in [0.15, 0.2) is 0 Å². The highest BCUT2D eigenvalue weighted by atomic mass is 16.3. The van der Waals surface area contributed by atoms with E-state index >= 15 is 0 Å². The highest BCUT2D eigenvalue weighted by molar-refractivity contribution is 5.38. The van der Waals surface area contributed by atoms with Gasteiger partial charge >= 0.3 is 0 Å². The number of fused-ring (bicyclic) bond motifs is 1. The summed E-state index contributed by atoms with van der Waals surface area (Å²) >= 11 is 0. The SMILES string of the molecule is C=C1/C(=C\C=C2/CCC[C@]3(C)[C@@H]([C@H](C)/C=C/[C@H](C)C(C)C)CC[C@@H]23)C[C@H](O)C[C@@H]1O. The average molecular weight is 413 g/mol. The first-order chi connectivity index (χ1) is 14.1. The molecule has 0 amide bonds. The zero-order valence-electron chi connectivity index (χ0n) is 19.9. The standard InChI is InChI=1S/C28H44O2/c1-18(2)19(3)9-10-20(4)25-13-14-26-22(8-7-15-28(25,26)6)11-12-23-16-24(29)17-27(30)21(23)5/h9-12,18-20,24-27,29-30H,5,7-8,13-17H2,1-4,6H3/b10-9+,22-11+,23-12-/t19-,20+,24-,25+,26-,27-,28+/m0/s1. The lowest BCUT2D eigenvalue weighted by atomic mass is 9.61. The number of allylic oxidation sites excluding steroid dienone is 5. The van der Waals surface area contributed by atoms with Crippen LogP contribution in [0.3, 0.4) is 0 Å². The van der Waals surface area contributed by atoms with E-state index < -0.39 is 12.2 Å². The Kier molecular flexibility index (Phi) is 7.51. The van der Waals surface area contributed by atoms with Crippen molar-refractivity contribution in [1.29, 1.82) is 0 Å². The molecular formula is C28H44O2. The molecule has 0 aromatic heterocycles. The van der Waals surface area contributed by atoms with Crippen LogP contribution in [0.5, 0.6) is 0 Å². The first-order valence-corrected chi connectivity index (χ1v) is 12.3. The van der Waals surface area contributed by atoms with Crippen molar-refractivity contribution >= 4 is 0 Å². The van der Waals surface area contributed by atoms with Crippen LogP contribution in [0.4, 0.5) is 0 Å². The summed E-state index contributed by atoms with van der Waals surface area (Å²) in [4.78, 5) is 0. The number of hydrogen-bond acceptors (Lipinski definition) is 2. The molecule has 0 aromatic carbocycles. The zero-order chi connectivity index (χ0) is 22.1. The maximum Gasteiger partial charge on any atom is 0.0811 e. The van der Waals surface area contributed by atoms with Crippen LogP contribution < -0.4 is 0 Å². The Hall–Kier alpha value is -1.12. The summed E-state index contributed by atoms with van der Waals surface area (Å²) in [7, 11) is 0. The zero-order valence-corrected chi connectivity index (χ0v) is 19.9. The highest BCUT2D eigenvalue weighted by Gasteiger charge is 2.50. The van der Waals surface area contributed by atoms with Crippen molar-refractivity contribution in [3.63, 3.8) is 0 Å². The Balaban J connectivity index is 1.76. The lowest BCUT2D eigenvalue weighted by Gasteiger charge is -2.44. The monoisotopic (exact) mass is 412 g/mol. The van der Waals surface area contributed by atoms with Crippen molar-refractivity contribution in [1.82, 2.24) is 0 Å². The van der Waals surface area contributed by atoms with Crippen molar-refractivity contribution in [2.75, 3.05) is 0 Å². The van der Waals surface area contributed by atoms with E-state index in [0.29, 0.717) is 41.9 Å². The molecule has 168 valence electrons. The van der Waals surface area contributed by atoms with Crippen LogP contribution >= 0.6 is 0 Å². The van der Waals surface area contributed by atoms with Gasteiger partial charge in [0.05, 0.1) is 12.2 Å². The Morgan fingerprint density at radius 1 is 1.07 bits per heavy atom. The fourth-order valence-electron chi connectivity index (χ4n) is 6.32. The largest absolute Gasteiger partial charge is 0.393 e. The van der Waals surface area contributed by atoms with E-state index in [4.69, 9.17) is 0 Å². The molecule has 7 atom stereocenters. The van der Waals surface area contributed by atoms with Gasteiger partial charge in [-0.1, -0.05) is 71.1 Å². The molecule has 3 saturated carbocycles. The smallest absolute Gasteiger partial charge is 0.0811 e. The molecular weight excluding hydrogens is 368 g/mol. The summed E-state index contributed by atoms with van der Waals surface area (Å²) in [6.07, 6.45) is 15.8. The lowest BCUT2D eigenvalue weighted by Crippen LogP contribution is -2.35. The molecule has 2 N–H and O–H groups in total. The van der Waals surface area contributed by atoms with Gasteiger partial charge in [-0.2, -0.15) is 0 Å². The molecule has 3 fully saturated rings. The maximum atomic E-state index is 10.1. The quantitative estimate of drug-likeness (QED) is 0.499. The van der Waals surface area contributed by atoms with E-state index in [0.717, 1.165) is 17.1 Å². The first-order valence-electron chi connectivity index (χ1n) is 12.3. The number of aliphatic hydroxyl groups is 2. The van der Waals surface area contributed by atoms with E-state index in [2.05, 4.69) is 65.5 Å². The van der Waals surface area contributed by atoms with E-state index in [9.17, 15) is 10.2 Å². The molecule has 0 aromatic rings. The van der Waals surface area contributed by atoms with E-state index in [1.165, 1.54) is 32.1 Å². The Bertz CT molecular complexity index is 712. The average Bonchev–Trinajstić information content (AvgIpc) is 3.04. The highest BCUT2D eigenvalue weighted by Crippen LogP contribution is 2.59. The lowest BCUT2D eigenvalue weighted by molar-refractivity contribution is 0.0862. The predicted octanol–water partition coefficient (Wildman–Crippen LogP) is 6.61. The minimum absolute atomic E-state index is 0.385. The van der Waals surface area contributed by atoms with Gasteiger partial charge in [0.2, 0.25) is 0 Å². The van der Waals surface area contributed by atoms with Crippen molar-refractivity contribution in [3.8, 4) is 0 Å². The molecule has 0 heterocycles. The second-order valence-electron chi connectivity index (χ2n) is 11.0. The molecule has 3 rings (SSSR count). The molecule has 0 bridgehead atoms. The summed E-state index contributed by atoms with van der Waals surface area (Å²) in [5.74, 6) is 3.38. The van der Waals surface area contributed by atoms with Crippen molar-refractivity contribution < 1.29 is 10.2 Å². The van der Waals surface area contributed by atoms with Crippen LogP contribution in [0.15, 0.2) is 47.6 Å². The van der Waals surface area contributed by atoms with E-state index in [1.807, 2.05) is 0 Å². The maximum absolute atomic E-state index is 10.1. The fraction of sp³-hybridized carbons (Fsp3) is 0.714. The third kappa shape index (κ3) is 4.86. The number of hydrogen-bond donors (Lipinski definition) is 2. The van der Waals surface area contributed by atoms with Crippen LogP contribution in [-0.2, 0) is 0 Å². The Morgan fingerprint density at radius 2 is 1.80 bits per heavy atom. The van der Waals surface area contributed by atoms with Gasteiger partial charge in [-0.3, -0.25) is 0 Å². The summed E-state index contributed by atoms with van der Waals surface area (Å²) < 4.78 is 0. The molecule has 0 spiro atoms. The van der Waals surface area contributed by atoms with Crippen molar-refractivity contribution in [2.45, 2.75) is 91.8 Å². The van der Waals surface area contributed by atoms with Crippen molar-refractivity contribution in [3.05, 3.63) is 47.6 Å². The van der Waals surface area contributed by atoms with Crippen LogP contribution in [0, 0.1) is 35.0 Å². The van der Waals surface area contributed by atoms with Gasteiger partial charge in [-0.25, -0.2) is 0 Å². The minimum atomic E-state index is -0.605. The summed E-state index contributed by atoms with van der Waals surface area (Å²) in [6, 6.07) is 0. The van der Waals surface area contributed by atoms with Gasteiger partial charge < -0.3 is 10.2 Å². The summed E-state index contributed by atoms with van der Waals surface area (Å²) in [6.45, 7) is 16.0. The second-order valence-corrected chi connectivity index (χ2v) is 11.0. The molecule has 2 nitrogen and oxygen atoms in total. The molecule has 3 aliphatic rings. The molecule has 0 radical (unpaired) electrons. The van der Waals surface area contributed by atoms with Crippen LogP contribution in [0.2, 0.25) is 0 Å². The fourth-order valence-corrected chi connectivity index (χ4v) is 6.32. The molecule has 0 saturated heterocycles. The summed E-state index contributed by atoms with van der Waals surface area (Å²) in [5, 5.41) is 20.2. The molecule has 30 heavy (non-hydrogen) atoms. The normalized spacial score (nSPS) is 39.8. The van der Waals surface area contributed by atoms with Crippen LogP contribution in [-0.4, -0.2) is 22.4 Å². The minimum Gasteiger partial charge on any atom is -0.393 e. The molecule has 2 heteroatoms. The van der Waals surface area contributed by atoms with Gasteiger partial charge in [0, 0.05) is 6.42 Å². The Labute approximate surface area is 184 Å².